The lowest BCUT2D eigenvalue weighted by atomic mass is 9.69. The van der Waals surface area contributed by atoms with E-state index in [1.807, 2.05) is 45.9 Å². The second-order valence-corrected chi connectivity index (χ2v) is 9.84. The average Bonchev–Trinajstić information content (AvgIpc) is 3.19. The highest BCUT2D eigenvalue weighted by atomic mass is 32.1. The average molecular weight is 463 g/mol. The molecule has 176 valence electrons. The first-order valence-electron chi connectivity index (χ1n) is 10.6. The predicted octanol–water partition coefficient (Wildman–Crippen LogP) is 5.52. The van der Waals surface area contributed by atoms with E-state index in [1.165, 1.54) is 18.4 Å². The quantitative estimate of drug-likeness (QED) is 0.323. The Morgan fingerprint density at radius 3 is 2.25 bits per heavy atom. The normalized spacial score (nSPS) is 14.5. The fourth-order valence-corrected chi connectivity index (χ4v) is 4.82. The van der Waals surface area contributed by atoms with Gasteiger partial charge in [-0.1, -0.05) is 19.9 Å². The van der Waals surface area contributed by atoms with Gasteiger partial charge in [0.15, 0.2) is 11.5 Å². The van der Waals surface area contributed by atoms with Gasteiger partial charge in [-0.15, -0.1) is 11.3 Å². The molecule has 0 radical (unpaired) electrons. The van der Waals surface area contributed by atoms with Gasteiger partial charge in [-0.3, -0.25) is 4.79 Å². The predicted molar refractivity (Wildman–Crippen MR) is 129 cm³/mol. The van der Waals surface area contributed by atoms with Crippen molar-refractivity contribution < 1.29 is 28.5 Å². The van der Waals surface area contributed by atoms with Gasteiger partial charge in [0.05, 0.1) is 44.9 Å². The number of benzene rings is 1. The van der Waals surface area contributed by atoms with Crippen molar-refractivity contribution in [2.45, 2.75) is 46.1 Å². The molecular weight excluding hydrogens is 428 g/mol. The van der Waals surface area contributed by atoms with Gasteiger partial charge in [0.25, 0.3) is 0 Å². The Morgan fingerprint density at radius 2 is 1.75 bits per heavy atom. The Kier molecular flexibility index (Phi) is 8.48. The Balaban J connectivity index is 2.64. The molecule has 2 unspecified atom stereocenters. The number of hydrogen-bond donors (Lipinski definition) is 0. The Labute approximate surface area is 194 Å². The summed E-state index contributed by atoms with van der Waals surface area (Å²) in [6.07, 6.45) is 1.99. The smallest absolute Gasteiger partial charge is 0.310 e. The summed E-state index contributed by atoms with van der Waals surface area (Å²) in [5, 5.41) is 0.936. The number of thiophene rings is 1. The number of fused-ring (bicyclic) bond motifs is 1. The molecule has 1 aromatic carbocycles. The summed E-state index contributed by atoms with van der Waals surface area (Å²) in [6, 6.07) is 5.74. The number of aldehydes is 1. The minimum absolute atomic E-state index is 0.0273. The zero-order valence-electron chi connectivity index (χ0n) is 20.1. The number of hydrogen-bond acceptors (Lipinski definition) is 7. The summed E-state index contributed by atoms with van der Waals surface area (Å²) < 4.78 is 22.9. The highest BCUT2D eigenvalue weighted by Gasteiger charge is 2.47. The number of esters is 1. The van der Waals surface area contributed by atoms with Gasteiger partial charge < -0.3 is 23.7 Å². The standard InChI is InChI=1S/C25H34O6S/c1-9-10-18(23(27)30-8)25(14-26,15-31-24(3,4)5)16(2)21-12-17-11-19(28-6)20(29-7)13-22(17)32-21/h11-14,18H,2,9-10,15H2,1,3-8H3. The van der Waals surface area contributed by atoms with E-state index in [2.05, 4.69) is 6.58 Å². The highest BCUT2D eigenvalue weighted by Crippen LogP contribution is 2.47. The maximum absolute atomic E-state index is 12.8. The number of methoxy groups -OCH3 is 3. The summed E-state index contributed by atoms with van der Waals surface area (Å²) >= 11 is 1.48. The molecule has 0 saturated carbocycles. The molecule has 2 rings (SSSR count). The molecular formula is C25H34O6S. The minimum atomic E-state index is -1.26. The lowest BCUT2D eigenvalue weighted by molar-refractivity contribution is -0.155. The van der Waals surface area contributed by atoms with Crippen LogP contribution in [0.3, 0.4) is 0 Å². The van der Waals surface area contributed by atoms with Crippen LogP contribution in [-0.2, 0) is 19.1 Å². The van der Waals surface area contributed by atoms with Crippen molar-refractivity contribution >= 4 is 39.3 Å². The van der Waals surface area contributed by atoms with Crippen LogP contribution >= 0.6 is 11.3 Å². The van der Waals surface area contributed by atoms with E-state index in [0.29, 0.717) is 29.9 Å². The van der Waals surface area contributed by atoms with Crippen molar-refractivity contribution in [3.8, 4) is 11.5 Å². The second-order valence-electron chi connectivity index (χ2n) is 8.76. The molecule has 0 aliphatic carbocycles. The molecule has 0 saturated heterocycles. The monoisotopic (exact) mass is 462 g/mol. The second kappa shape index (κ2) is 10.5. The van der Waals surface area contributed by atoms with Gasteiger partial charge in [0.1, 0.15) is 6.29 Å². The molecule has 0 amide bonds. The first-order valence-corrected chi connectivity index (χ1v) is 11.4. The SMILES string of the molecule is C=C(c1cc2cc(OC)c(OC)cc2s1)C(C=O)(COC(C)(C)C)C(CCC)C(=O)OC. The number of carbonyl (C=O) groups excluding carboxylic acids is 2. The fraction of sp³-hybridized carbons (Fsp3) is 0.520. The third-order valence-corrected chi connectivity index (χ3v) is 6.68. The maximum atomic E-state index is 12.8. The molecule has 0 N–H and O–H groups in total. The molecule has 1 aromatic heterocycles. The molecule has 7 heteroatoms. The van der Waals surface area contributed by atoms with E-state index in [0.717, 1.165) is 21.2 Å². The molecule has 2 aromatic rings. The van der Waals surface area contributed by atoms with Gasteiger partial charge in [-0.05, 0) is 50.3 Å². The van der Waals surface area contributed by atoms with Crippen molar-refractivity contribution in [3.05, 3.63) is 29.7 Å². The number of carbonyl (C=O) groups is 2. The molecule has 32 heavy (non-hydrogen) atoms. The van der Waals surface area contributed by atoms with E-state index in [-0.39, 0.29) is 6.61 Å². The number of ether oxygens (including phenoxy) is 4. The van der Waals surface area contributed by atoms with Crippen LogP contribution in [0.15, 0.2) is 24.8 Å². The van der Waals surface area contributed by atoms with E-state index in [9.17, 15) is 9.59 Å². The summed E-state index contributed by atoms with van der Waals surface area (Å²) in [6.45, 7) is 12.0. The summed E-state index contributed by atoms with van der Waals surface area (Å²) in [5.41, 5.74) is -1.21. The van der Waals surface area contributed by atoms with E-state index in [1.54, 1.807) is 14.2 Å². The Morgan fingerprint density at radius 1 is 1.12 bits per heavy atom. The summed E-state index contributed by atoms with van der Waals surface area (Å²) in [4.78, 5) is 26.3. The third-order valence-electron chi connectivity index (χ3n) is 5.52. The molecule has 0 fully saturated rings. The van der Waals surface area contributed by atoms with Gasteiger partial charge >= 0.3 is 5.97 Å². The topological polar surface area (TPSA) is 71.1 Å². The molecule has 6 nitrogen and oxygen atoms in total. The van der Waals surface area contributed by atoms with Gasteiger partial charge in [0.2, 0.25) is 0 Å². The van der Waals surface area contributed by atoms with Crippen molar-refractivity contribution in [1.82, 2.24) is 0 Å². The summed E-state index contributed by atoms with van der Waals surface area (Å²) in [7, 11) is 4.51. The van der Waals surface area contributed by atoms with E-state index < -0.39 is 22.9 Å². The Bertz CT molecular complexity index is 930. The van der Waals surface area contributed by atoms with E-state index in [4.69, 9.17) is 18.9 Å². The van der Waals surface area contributed by atoms with Crippen LogP contribution in [0.2, 0.25) is 0 Å². The molecule has 2 atom stereocenters. The van der Waals surface area contributed by atoms with Gasteiger partial charge in [0, 0.05) is 15.6 Å². The lowest BCUT2D eigenvalue weighted by Crippen LogP contribution is -2.44. The van der Waals surface area contributed by atoms with E-state index >= 15 is 0 Å². The third kappa shape index (κ3) is 5.33. The van der Waals surface area contributed by atoms with Crippen LogP contribution in [0, 0.1) is 11.3 Å². The number of rotatable bonds is 11. The maximum Gasteiger partial charge on any atom is 0.310 e. The molecule has 1 heterocycles. The zero-order valence-corrected chi connectivity index (χ0v) is 20.9. The zero-order chi connectivity index (χ0) is 24.1. The van der Waals surface area contributed by atoms with Gasteiger partial charge in [-0.2, -0.15) is 0 Å². The molecule has 0 spiro atoms. The van der Waals surface area contributed by atoms with Crippen molar-refractivity contribution in [1.29, 1.82) is 0 Å². The van der Waals surface area contributed by atoms with Crippen LogP contribution in [0.1, 0.15) is 45.4 Å². The molecule has 0 aliphatic rings. The fourth-order valence-electron chi connectivity index (χ4n) is 3.68. The molecule has 0 bridgehead atoms. The van der Waals surface area contributed by atoms with Crippen LogP contribution in [0.25, 0.3) is 15.7 Å². The van der Waals surface area contributed by atoms with Crippen LogP contribution < -0.4 is 9.47 Å². The highest BCUT2D eigenvalue weighted by molar-refractivity contribution is 7.20. The van der Waals surface area contributed by atoms with Gasteiger partial charge in [-0.25, -0.2) is 0 Å². The first kappa shape index (κ1) is 25.9. The minimum Gasteiger partial charge on any atom is -0.493 e. The molecule has 0 aliphatic heterocycles. The van der Waals surface area contributed by atoms with Crippen molar-refractivity contribution in [2.24, 2.45) is 11.3 Å². The summed E-state index contributed by atoms with van der Waals surface area (Å²) in [5.74, 6) is 0.0856. The van der Waals surface area contributed by atoms with Crippen molar-refractivity contribution in [2.75, 3.05) is 27.9 Å². The van der Waals surface area contributed by atoms with Crippen LogP contribution in [-0.4, -0.2) is 45.8 Å². The lowest BCUT2D eigenvalue weighted by Gasteiger charge is -2.38. The Hall–Kier alpha value is -2.38. The van der Waals surface area contributed by atoms with Crippen LogP contribution in [0.4, 0.5) is 0 Å². The van der Waals surface area contributed by atoms with Crippen molar-refractivity contribution in [3.63, 3.8) is 0 Å². The van der Waals surface area contributed by atoms with Crippen LogP contribution in [0.5, 0.6) is 11.5 Å². The first-order chi connectivity index (χ1) is 15.1. The largest absolute Gasteiger partial charge is 0.493 e.